The molecule has 0 bridgehead atoms. The van der Waals surface area contributed by atoms with Gasteiger partial charge in [0, 0.05) is 0 Å². The summed E-state index contributed by atoms with van der Waals surface area (Å²) in [7, 11) is 0. The second kappa shape index (κ2) is 4.07. The van der Waals surface area contributed by atoms with Crippen molar-refractivity contribution in [3.63, 3.8) is 0 Å². The smallest absolute Gasteiger partial charge is 0.189 e. The lowest BCUT2D eigenvalue weighted by molar-refractivity contribution is -0.335. The van der Waals surface area contributed by atoms with E-state index in [0.29, 0.717) is 0 Å². The molecule has 84 valence electrons. The highest BCUT2D eigenvalue weighted by molar-refractivity contribution is 4.99. The van der Waals surface area contributed by atoms with Gasteiger partial charge >= 0.3 is 0 Å². The van der Waals surface area contributed by atoms with Gasteiger partial charge in [-0.3, -0.25) is 0 Å². The second-order valence-corrected chi connectivity index (χ2v) is 3.29. The zero-order chi connectivity index (χ0) is 10.9. The van der Waals surface area contributed by atoms with Crippen molar-refractivity contribution < 1.29 is 35.4 Å². The summed E-state index contributed by atoms with van der Waals surface area (Å²) in [5.74, 6) is 0. The van der Waals surface area contributed by atoms with Crippen LogP contribution in [0.5, 0.6) is 0 Å². The van der Waals surface area contributed by atoms with Crippen molar-refractivity contribution in [1.82, 2.24) is 0 Å². The molecule has 0 aromatic carbocycles. The third-order valence-electron chi connectivity index (χ3n) is 2.38. The highest BCUT2D eigenvalue weighted by atomic mass is 16.6. The van der Waals surface area contributed by atoms with Crippen LogP contribution in [0.4, 0.5) is 0 Å². The van der Waals surface area contributed by atoms with Crippen LogP contribution in [-0.4, -0.2) is 74.1 Å². The van der Waals surface area contributed by atoms with Crippen molar-refractivity contribution >= 4 is 0 Å². The molecule has 14 heavy (non-hydrogen) atoms. The molecule has 1 aliphatic heterocycles. The van der Waals surface area contributed by atoms with Crippen LogP contribution in [0.15, 0.2) is 0 Å². The first-order valence-corrected chi connectivity index (χ1v) is 4.11. The van der Waals surface area contributed by atoms with E-state index in [2.05, 4.69) is 4.74 Å². The fourth-order valence-corrected chi connectivity index (χ4v) is 1.33. The molecule has 0 aromatic heterocycles. The number of hydrogen-bond donors (Lipinski definition) is 6. The molecule has 0 amide bonds. The molecule has 0 aliphatic carbocycles. The Morgan fingerprint density at radius 3 is 2.14 bits per heavy atom. The van der Waals surface area contributed by atoms with Crippen molar-refractivity contribution in [3.05, 3.63) is 0 Å². The molecule has 1 heterocycles. The molecule has 7 heteroatoms. The van der Waals surface area contributed by atoms with E-state index in [0.717, 1.165) is 0 Å². The Balaban J connectivity index is 2.84. The lowest BCUT2D eigenvalue weighted by Gasteiger charge is -2.44. The molecule has 6 N–H and O–H groups in total. The van der Waals surface area contributed by atoms with Crippen LogP contribution in [0.3, 0.4) is 0 Å². The number of aliphatic hydroxyl groups excluding tert-OH is 5. The third kappa shape index (κ3) is 1.63. The minimum Gasteiger partial charge on any atom is -0.394 e. The normalized spacial score (nSPS) is 49.3. The van der Waals surface area contributed by atoms with Gasteiger partial charge in [0.2, 0.25) is 0 Å². The molecule has 1 aliphatic rings. The molecule has 0 saturated carbocycles. The molecule has 0 spiro atoms. The number of rotatable bonds is 2. The number of hydrogen-bond acceptors (Lipinski definition) is 7. The summed E-state index contributed by atoms with van der Waals surface area (Å²) in [5.41, 5.74) is -2.33. The molecule has 7 nitrogen and oxygen atoms in total. The van der Waals surface area contributed by atoms with Gasteiger partial charge in [0.05, 0.1) is 13.2 Å². The van der Waals surface area contributed by atoms with Gasteiger partial charge in [0.25, 0.3) is 0 Å². The first-order valence-electron chi connectivity index (χ1n) is 4.11. The zero-order valence-corrected chi connectivity index (χ0v) is 7.32. The quantitative estimate of drug-likeness (QED) is 0.275. The Hall–Kier alpha value is -0.280. The fraction of sp³-hybridized carbons (Fsp3) is 1.00. The molecule has 1 saturated heterocycles. The average molecular weight is 210 g/mol. The standard InChI is InChI=1S/C7H14O7/c8-1-3-4(10)5(11)7(13,2-9)6(12)14-3/h3-6,8-13H,1-2H2/t3-,4-,5+,6?,7-/m1/s1. The first-order chi connectivity index (χ1) is 6.47. The predicted molar refractivity (Wildman–Crippen MR) is 42.0 cm³/mol. The Morgan fingerprint density at radius 2 is 1.71 bits per heavy atom. The van der Waals surface area contributed by atoms with Crippen LogP contribution in [0, 0.1) is 0 Å². The summed E-state index contributed by atoms with van der Waals surface area (Å²) in [4.78, 5) is 0. The largest absolute Gasteiger partial charge is 0.394 e. The summed E-state index contributed by atoms with van der Waals surface area (Å²) in [6.07, 6.45) is -6.40. The lowest BCUT2D eigenvalue weighted by Crippen LogP contribution is -2.68. The molecular weight excluding hydrogens is 196 g/mol. The van der Waals surface area contributed by atoms with E-state index < -0.39 is 43.4 Å². The van der Waals surface area contributed by atoms with Crippen LogP contribution in [-0.2, 0) is 4.74 Å². The van der Waals surface area contributed by atoms with Gasteiger partial charge in [0.1, 0.15) is 18.3 Å². The summed E-state index contributed by atoms with van der Waals surface area (Å²) < 4.78 is 4.61. The zero-order valence-electron chi connectivity index (χ0n) is 7.32. The van der Waals surface area contributed by atoms with E-state index in [1.54, 1.807) is 0 Å². The minimum atomic E-state index is -2.33. The van der Waals surface area contributed by atoms with Gasteiger partial charge in [0.15, 0.2) is 11.9 Å². The molecular formula is C7H14O7. The maximum atomic E-state index is 9.48. The van der Waals surface area contributed by atoms with Gasteiger partial charge < -0.3 is 35.4 Å². The van der Waals surface area contributed by atoms with Crippen LogP contribution >= 0.6 is 0 Å². The molecule has 5 atom stereocenters. The summed E-state index contributed by atoms with van der Waals surface area (Å²) in [6.45, 7) is -1.58. The van der Waals surface area contributed by atoms with Crippen LogP contribution in [0.2, 0.25) is 0 Å². The van der Waals surface area contributed by atoms with E-state index >= 15 is 0 Å². The monoisotopic (exact) mass is 210 g/mol. The second-order valence-electron chi connectivity index (χ2n) is 3.29. The molecule has 0 aromatic rings. The third-order valence-corrected chi connectivity index (χ3v) is 2.38. The van der Waals surface area contributed by atoms with Crippen molar-refractivity contribution in [2.24, 2.45) is 0 Å². The van der Waals surface area contributed by atoms with E-state index in [9.17, 15) is 20.4 Å². The summed E-state index contributed by atoms with van der Waals surface area (Å²) in [6, 6.07) is 0. The first kappa shape index (κ1) is 11.8. The van der Waals surface area contributed by atoms with E-state index in [1.165, 1.54) is 0 Å². The SMILES string of the molecule is OC[C@H]1OC(O)[C@@](O)(CO)[C@@H](O)[C@@H]1O. The number of ether oxygens (including phenoxy) is 1. The topological polar surface area (TPSA) is 131 Å². The maximum Gasteiger partial charge on any atom is 0.189 e. The molecule has 1 rings (SSSR count). The maximum absolute atomic E-state index is 9.48. The van der Waals surface area contributed by atoms with E-state index in [-0.39, 0.29) is 0 Å². The van der Waals surface area contributed by atoms with Gasteiger partial charge in [-0.2, -0.15) is 0 Å². The lowest BCUT2D eigenvalue weighted by atomic mass is 9.87. The van der Waals surface area contributed by atoms with Gasteiger partial charge in [-0.1, -0.05) is 0 Å². The molecule has 1 unspecified atom stereocenters. The van der Waals surface area contributed by atoms with Crippen molar-refractivity contribution in [1.29, 1.82) is 0 Å². The number of aliphatic hydroxyl groups is 6. The van der Waals surface area contributed by atoms with Crippen molar-refractivity contribution in [2.75, 3.05) is 13.2 Å². The minimum absolute atomic E-state index is 0.614. The highest BCUT2D eigenvalue weighted by Gasteiger charge is 2.53. The van der Waals surface area contributed by atoms with Crippen molar-refractivity contribution in [2.45, 2.75) is 30.2 Å². The van der Waals surface area contributed by atoms with Gasteiger partial charge in [-0.05, 0) is 0 Å². The fourth-order valence-electron chi connectivity index (χ4n) is 1.33. The molecule has 1 fully saturated rings. The highest BCUT2D eigenvalue weighted by Crippen LogP contribution is 2.28. The Bertz CT molecular complexity index is 198. The Kier molecular flexibility index (Phi) is 3.43. The van der Waals surface area contributed by atoms with Crippen molar-refractivity contribution in [3.8, 4) is 0 Å². The Labute approximate surface area is 79.8 Å². The Morgan fingerprint density at radius 1 is 1.14 bits per heavy atom. The predicted octanol–water partition coefficient (Wildman–Crippen LogP) is -3.86. The summed E-state index contributed by atoms with van der Waals surface area (Å²) in [5, 5.41) is 54.8. The van der Waals surface area contributed by atoms with Crippen LogP contribution < -0.4 is 0 Å². The van der Waals surface area contributed by atoms with Crippen LogP contribution in [0.1, 0.15) is 0 Å². The van der Waals surface area contributed by atoms with Gasteiger partial charge in [-0.15, -0.1) is 0 Å². The van der Waals surface area contributed by atoms with Gasteiger partial charge in [-0.25, -0.2) is 0 Å². The average Bonchev–Trinajstić information content (AvgIpc) is 2.20. The summed E-state index contributed by atoms with van der Waals surface area (Å²) >= 11 is 0. The van der Waals surface area contributed by atoms with E-state index in [1.807, 2.05) is 0 Å². The molecule has 0 radical (unpaired) electrons. The van der Waals surface area contributed by atoms with Crippen LogP contribution in [0.25, 0.3) is 0 Å². The van der Waals surface area contributed by atoms with E-state index in [4.69, 9.17) is 10.2 Å².